The predicted molar refractivity (Wildman–Crippen MR) is 137 cm³/mol. The Labute approximate surface area is 205 Å². The Morgan fingerprint density at radius 1 is 0.882 bits per heavy atom. The van der Waals surface area contributed by atoms with E-state index in [0.29, 0.717) is 38.0 Å². The summed E-state index contributed by atoms with van der Waals surface area (Å²) in [5.41, 5.74) is 10.4. The van der Waals surface area contributed by atoms with Crippen LogP contribution in [0.25, 0.3) is 0 Å². The van der Waals surface area contributed by atoms with Gasteiger partial charge in [0, 0.05) is 12.8 Å². The second-order valence-corrected chi connectivity index (χ2v) is 7.89. The summed E-state index contributed by atoms with van der Waals surface area (Å²) >= 11 is 0. The molecule has 0 aliphatic rings. The van der Waals surface area contributed by atoms with Gasteiger partial charge in [-0.1, -0.05) is 69.1 Å². The quantitative estimate of drug-likeness (QED) is 0.0377. The maximum atomic E-state index is 10.4. The first-order valence-electron chi connectivity index (χ1n) is 12.3. The molecule has 0 heterocycles. The van der Waals surface area contributed by atoms with Crippen molar-refractivity contribution in [3.8, 4) is 0 Å². The number of nitrogens with two attached hydrogens (primary N) is 2. The lowest BCUT2D eigenvalue weighted by Gasteiger charge is -2.03. The Kier molecular flexibility index (Phi) is 26.6. The van der Waals surface area contributed by atoms with Crippen LogP contribution in [-0.4, -0.2) is 40.0 Å². The van der Waals surface area contributed by atoms with Gasteiger partial charge in [-0.3, -0.25) is 9.59 Å². The topological polar surface area (TPSA) is 156 Å². The summed E-state index contributed by atoms with van der Waals surface area (Å²) in [4.78, 5) is 24.8. The van der Waals surface area contributed by atoms with Crippen molar-refractivity contribution >= 4 is 11.9 Å². The number of carboxylic acids is 2. The van der Waals surface area contributed by atoms with Crippen molar-refractivity contribution in [2.24, 2.45) is 11.5 Å². The molecule has 196 valence electrons. The molecule has 0 aromatic rings. The van der Waals surface area contributed by atoms with Gasteiger partial charge in [0.25, 0.3) is 0 Å². The molecular formula is C26H46N2O6. The van der Waals surface area contributed by atoms with Gasteiger partial charge in [0.1, 0.15) is 11.8 Å². The van der Waals surface area contributed by atoms with Crippen LogP contribution < -0.4 is 11.5 Å². The summed E-state index contributed by atoms with van der Waals surface area (Å²) in [5, 5.41) is 25.6. The van der Waals surface area contributed by atoms with Crippen LogP contribution in [0.3, 0.4) is 0 Å². The van der Waals surface area contributed by atoms with Crippen molar-refractivity contribution < 1.29 is 29.9 Å². The van der Waals surface area contributed by atoms with E-state index in [1.54, 1.807) is 6.08 Å². The minimum absolute atomic E-state index is 0.0768. The summed E-state index contributed by atoms with van der Waals surface area (Å²) in [7, 11) is 0. The maximum Gasteiger partial charge on any atom is 0.320 e. The standard InChI is InChI=1S/C20H32O4.C6H14N2O2/c1-2-3-4-5-6-7-8-9-10-11-12-13-14-16-19(24-23)17-15-18-20(21)22;7-4-2-1-3-5(8)6(9)10/h7-10,12-13,16,23H,2-6,11,14-15,17-18H2,1H3,(H,21,22);5H,1-4,7-8H2,(H,9,10)/t;5-/m.0/s1. The third kappa shape index (κ3) is 27.6. The molecule has 0 saturated heterocycles. The molecule has 8 nitrogen and oxygen atoms in total. The Morgan fingerprint density at radius 3 is 2.21 bits per heavy atom. The summed E-state index contributed by atoms with van der Waals surface area (Å²) in [5.74, 6) is -1.35. The van der Waals surface area contributed by atoms with Crippen LogP contribution in [0.5, 0.6) is 0 Å². The van der Waals surface area contributed by atoms with Crippen LogP contribution in [0, 0.1) is 0 Å². The second-order valence-electron chi connectivity index (χ2n) is 7.89. The van der Waals surface area contributed by atoms with Gasteiger partial charge in [-0.2, -0.15) is 0 Å². The van der Waals surface area contributed by atoms with E-state index in [0.717, 1.165) is 25.7 Å². The molecule has 0 aliphatic heterocycles. The molecular weight excluding hydrogens is 436 g/mol. The van der Waals surface area contributed by atoms with Gasteiger partial charge in [-0.25, -0.2) is 5.26 Å². The average Bonchev–Trinajstić information content (AvgIpc) is 2.81. The Morgan fingerprint density at radius 2 is 1.59 bits per heavy atom. The third-order valence-corrected chi connectivity index (χ3v) is 4.75. The molecule has 1 atom stereocenters. The van der Waals surface area contributed by atoms with Crippen molar-refractivity contribution in [1.29, 1.82) is 0 Å². The van der Waals surface area contributed by atoms with E-state index in [9.17, 15) is 9.59 Å². The normalized spacial score (nSPS) is 12.8. The zero-order chi connectivity index (χ0) is 25.9. The molecule has 0 fully saturated rings. The van der Waals surface area contributed by atoms with Gasteiger partial charge < -0.3 is 26.6 Å². The first kappa shape index (κ1) is 33.8. The largest absolute Gasteiger partial charge is 0.481 e. The number of carbonyl (C=O) groups is 2. The van der Waals surface area contributed by atoms with E-state index < -0.39 is 18.0 Å². The zero-order valence-electron chi connectivity index (χ0n) is 20.7. The van der Waals surface area contributed by atoms with E-state index >= 15 is 0 Å². The highest BCUT2D eigenvalue weighted by molar-refractivity contribution is 5.72. The van der Waals surface area contributed by atoms with Crippen LogP contribution in [0.2, 0.25) is 0 Å². The first-order valence-corrected chi connectivity index (χ1v) is 12.3. The highest BCUT2D eigenvalue weighted by atomic mass is 17.1. The highest BCUT2D eigenvalue weighted by Crippen LogP contribution is 2.09. The number of rotatable bonds is 20. The Bertz CT molecular complexity index is 614. The maximum absolute atomic E-state index is 10.4. The van der Waals surface area contributed by atoms with E-state index in [4.69, 9.17) is 26.9 Å². The molecule has 0 aliphatic carbocycles. The highest BCUT2D eigenvalue weighted by Gasteiger charge is 2.09. The fourth-order valence-corrected chi connectivity index (χ4v) is 2.72. The van der Waals surface area contributed by atoms with E-state index in [1.807, 2.05) is 12.2 Å². The van der Waals surface area contributed by atoms with Gasteiger partial charge in [-0.05, 0) is 57.6 Å². The molecule has 0 amide bonds. The summed E-state index contributed by atoms with van der Waals surface area (Å²) in [6, 6.07) is -0.716. The van der Waals surface area contributed by atoms with E-state index in [1.165, 1.54) is 25.7 Å². The molecule has 0 spiro atoms. The van der Waals surface area contributed by atoms with Crippen LogP contribution in [0.4, 0.5) is 0 Å². The number of carboxylic acid groups (broad SMARTS) is 2. The number of aliphatic carboxylic acids is 2. The molecule has 0 rings (SSSR count). The monoisotopic (exact) mass is 482 g/mol. The molecule has 0 radical (unpaired) electrons. The summed E-state index contributed by atoms with van der Waals surface area (Å²) in [6.45, 7) is 2.82. The second kappa shape index (κ2) is 26.8. The fourth-order valence-electron chi connectivity index (χ4n) is 2.72. The van der Waals surface area contributed by atoms with Gasteiger partial charge >= 0.3 is 11.9 Å². The van der Waals surface area contributed by atoms with Gasteiger partial charge in [0.05, 0.1) is 0 Å². The molecule has 0 unspecified atom stereocenters. The molecule has 34 heavy (non-hydrogen) atoms. The van der Waals surface area contributed by atoms with Crippen molar-refractivity contribution in [2.45, 2.75) is 96.4 Å². The van der Waals surface area contributed by atoms with Crippen LogP contribution in [0.15, 0.2) is 48.3 Å². The van der Waals surface area contributed by atoms with Crippen LogP contribution in [0.1, 0.15) is 90.4 Å². The van der Waals surface area contributed by atoms with Gasteiger partial charge in [-0.15, -0.1) is 0 Å². The summed E-state index contributed by atoms with van der Waals surface area (Å²) < 4.78 is 0. The molecule has 0 bridgehead atoms. The zero-order valence-corrected chi connectivity index (χ0v) is 20.7. The average molecular weight is 483 g/mol. The lowest BCUT2D eigenvalue weighted by atomic mass is 10.1. The smallest absolute Gasteiger partial charge is 0.320 e. The van der Waals surface area contributed by atoms with Crippen molar-refractivity contribution in [1.82, 2.24) is 0 Å². The number of allylic oxidation sites excluding steroid dienone is 8. The fraction of sp³-hybridized carbons (Fsp3) is 0.615. The van der Waals surface area contributed by atoms with Crippen LogP contribution in [-0.2, 0) is 14.5 Å². The molecule has 0 aromatic heterocycles. The lowest BCUT2D eigenvalue weighted by molar-refractivity contribution is -0.206. The Balaban J connectivity index is 0. The van der Waals surface area contributed by atoms with Crippen LogP contribution >= 0.6 is 0 Å². The van der Waals surface area contributed by atoms with Crippen molar-refractivity contribution in [2.75, 3.05) is 6.54 Å². The Hall–Kier alpha value is -2.42. The van der Waals surface area contributed by atoms with E-state index in [-0.39, 0.29) is 6.42 Å². The minimum atomic E-state index is -0.933. The van der Waals surface area contributed by atoms with Gasteiger partial charge in [0.2, 0.25) is 0 Å². The molecule has 0 saturated carbocycles. The van der Waals surface area contributed by atoms with Crippen molar-refractivity contribution in [3.05, 3.63) is 48.3 Å². The van der Waals surface area contributed by atoms with Gasteiger partial charge in [0.15, 0.2) is 0 Å². The first-order chi connectivity index (χ1) is 16.4. The minimum Gasteiger partial charge on any atom is -0.481 e. The molecule has 0 aromatic carbocycles. The number of hydrogen-bond donors (Lipinski definition) is 5. The predicted octanol–water partition coefficient (Wildman–Crippen LogP) is 5.56. The summed E-state index contributed by atoms with van der Waals surface area (Å²) in [6.07, 6.45) is 25.3. The third-order valence-electron chi connectivity index (χ3n) is 4.75. The number of hydrogen-bond acceptors (Lipinski definition) is 6. The SMILES string of the molecule is CCCCCCC=CC=CCC=CCC=C(CCCC(=O)O)OO.NCCCC[C@H](N)C(=O)O. The lowest BCUT2D eigenvalue weighted by Crippen LogP contribution is -2.29. The molecule has 8 heteroatoms. The number of unbranched alkanes of at least 4 members (excludes halogenated alkanes) is 5. The van der Waals surface area contributed by atoms with E-state index in [2.05, 4.69) is 36.1 Å². The molecule has 7 N–H and O–H groups in total. The van der Waals surface area contributed by atoms with Crippen molar-refractivity contribution in [3.63, 3.8) is 0 Å².